The van der Waals surface area contributed by atoms with Gasteiger partial charge in [-0.15, -0.1) is 6.58 Å². The summed E-state index contributed by atoms with van der Waals surface area (Å²) in [4.78, 5) is 29.2. The maximum atomic E-state index is 11.5. The molecule has 2 aromatic rings. The van der Waals surface area contributed by atoms with Gasteiger partial charge < -0.3 is 4.57 Å². The normalized spacial score (nSPS) is 10.7. The van der Waals surface area contributed by atoms with E-state index in [0.717, 1.165) is 0 Å². The van der Waals surface area contributed by atoms with E-state index in [9.17, 15) is 9.59 Å². The van der Waals surface area contributed by atoms with Gasteiger partial charge in [0.2, 0.25) is 0 Å². The predicted molar refractivity (Wildman–Crippen MR) is 55.8 cm³/mol. The number of aryl methyl sites for hydroxylation is 1. The van der Waals surface area contributed by atoms with E-state index in [2.05, 4.69) is 16.5 Å². The molecule has 0 unspecified atom stereocenters. The van der Waals surface area contributed by atoms with Gasteiger partial charge >= 0.3 is 5.69 Å². The first-order valence-electron chi connectivity index (χ1n) is 4.40. The van der Waals surface area contributed by atoms with E-state index < -0.39 is 11.2 Å². The fraction of sp³-hybridized carbons (Fsp3) is 0.222. The summed E-state index contributed by atoms with van der Waals surface area (Å²) < 4.78 is 2.94. The summed E-state index contributed by atoms with van der Waals surface area (Å²) in [6.07, 6.45) is 3.08. The molecule has 0 atom stereocenters. The van der Waals surface area contributed by atoms with Crippen molar-refractivity contribution in [1.82, 2.24) is 19.1 Å². The van der Waals surface area contributed by atoms with Gasteiger partial charge in [0.1, 0.15) is 0 Å². The Morgan fingerprint density at radius 1 is 1.60 bits per heavy atom. The lowest BCUT2D eigenvalue weighted by atomic mass is 10.5. The molecule has 0 amide bonds. The quantitative estimate of drug-likeness (QED) is 0.680. The van der Waals surface area contributed by atoms with Crippen LogP contribution in [-0.2, 0) is 13.6 Å². The number of allylic oxidation sites excluding steroid dienone is 1. The average molecular weight is 206 g/mol. The third kappa shape index (κ3) is 1.30. The van der Waals surface area contributed by atoms with Crippen LogP contribution < -0.4 is 11.2 Å². The molecule has 0 aliphatic carbocycles. The van der Waals surface area contributed by atoms with Gasteiger partial charge in [0.05, 0.1) is 6.33 Å². The summed E-state index contributed by atoms with van der Waals surface area (Å²) in [5, 5.41) is 0. The molecule has 2 heterocycles. The number of rotatable bonds is 2. The van der Waals surface area contributed by atoms with Crippen LogP contribution in [0.3, 0.4) is 0 Å². The van der Waals surface area contributed by atoms with Crippen molar-refractivity contribution >= 4 is 11.2 Å². The summed E-state index contributed by atoms with van der Waals surface area (Å²) in [5.41, 5.74) is -0.121. The lowest BCUT2D eigenvalue weighted by Crippen LogP contribution is -2.30. The van der Waals surface area contributed by atoms with E-state index >= 15 is 0 Å². The van der Waals surface area contributed by atoms with E-state index in [1.54, 1.807) is 17.7 Å². The zero-order valence-corrected chi connectivity index (χ0v) is 8.23. The number of nitrogens with zero attached hydrogens (tertiary/aromatic N) is 3. The second kappa shape index (κ2) is 3.23. The number of fused-ring (bicyclic) bond motifs is 1. The Balaban J connectivity index is 2.97. The van der Waals surface area contributed by atoms with Crippen LogP contribution in [0, 0.1) is 0 Å². The van der Waals surface area contributed by atoms with Crippen LogP contribution >= 0.6 is 0 Å². The van der Waals surface area contributed by atoms with Crippen molar-refractivity contribution < 1.29 is 0 Å². The van der Waals surface area contributed by atoms with E-state index in [1.165, 1.54) is 10.9 Å². The van der Waals surface area contributed by atoms with Crippen molar-refractivity contribution in [3.63, 3.8) is 0 Å². The molecule has 2 rings (SSSR count). The fourth-order valence-corrected chi connectivity index (χ4v) is 1.50. The van der Waals surface area contributed by atoms with Crippen molar-refractivity contribution in [2.45, 2.75) is 6.54 Å². The second-order valence-corrected chi connectivity index (χ2v) is 3.19. The first-order chi connectivity index (χ1) is 7.15. The summed E-state index contributed by atoms with van der Waals surface area (Å²) >= 11 is 0. The molecule has 78 valence electrons. The zero-order chi connectivity index (χ0) is 11.0. The molecule has 0 saturated heterocycles. The maximum Gasteiger partial charge on any atom is 0.330 e. The van der Waals surface area contributed by atoms with Crippen LogP contribution in [0.2, 0.25) is 0 Å². The Hall–Kier alpha value is -2.11. The number of aromatic nitrogens is 4. The molecule has 0 aromatic carbocycles. The van der Waals surface area contributed by atoms with Crippen LogP contribution in [-0.4, -0.2) is 19.1 Å². The maximum absolute atomic E-state index is 11.5. The number of nitrogens with one attached hydrogen (secondary N) is 1. The SMILES string of the molecule is C=CCn1c(=O)[nH]c(=O)c2c1ncn2C. The minimum Gasteiger partial charge on any atom is -0.328 e. The van der Waals surface area contributed by atoms with E-state index in [0.29, 0.717) is 17.7 Å². The largest absolute Gasteiger partial charge is 0.330 e. The van der Waals surface area contributed by atoms with Crippen LogP contribution in [0.5, 0.6) is 0 Å². The highest BCUT2D eigenvalue weighted by Gasteiger charge is 2.10. The monoisotopic (exact) mass is 206 g/mol. The highest BCUT2D eigenvalue weighted by molar-refractivity contribution is 5.69. The number of imidazole rings is 1. The molecule has 2 aromatic heterocycles. The van der Waals surface area contributed by atoms with Gasteiger partial charge in [0, 0.05) is 13.6 Å². The van der Waals surface area contributed by atoms with Gasteiger partial charge in [-0.1, -0.05) is 6.08 Å². The van der Waals surface area contributed by atoms with Crippen molar-refractivity contribution in [3.8, 4) is 0 Å². The highest BCUT2D eigenvalue weighted by Crippen LogP contribution is 2.03. The summed E-state index contributed by atoms with van der Waals surface area (Å²) in [5.74, 6) is 0. The predicted octanol–water partition coefficient (Wildman–Crippen LogP) is -0.391. The summed E-state index contributed by atoms with van der Waals surface area (Å²) in [6.45, 7) is 3.87. The molecule has 0 aliphatic rings. The molecule has 0 radical (unpaired) electrons. The van der Waals surface area contributed by atoms with Gasteiger partial charge in [-0.05, 0) is 0 Å². The number of aromatic amines is 1. The Kier molecular flexibility index (Phi) is 2.03. The zero-order valence-electron chi connectivity index (χ0n) is 8.23. The molecule has 0 aliphatic heterocycles. The fourth-order valence-electron chi connectivity index (χ4n) is 1.50. The van der Waals surface area contributed by atoms with Crippen molar-refractivity contribution in [1.29, 1.82) is 0 Å². The van der Waals surface area contributed by atoms with Crippen LogP contribution in [0.25, 0.3) is 11.2 Å². The van der Waals surface area contributed by atoms with Gasteiger partial charge in [-0.2, -0.15) is 0 Å². The number of H-pyrrole nitrogens is 1. The smallest absolute Gasteiger partial charge is 0.328 e. The topological polar surface area (TPSA) is 72.7 Å². The van der Waals surface area contributed by atoms with Crippen LogP contribution in [0.1, 0.15) is 0 Å². The molecule has 0 saturated carbocycles. The van der Waals surface area contributed by atoms with Gasteiger partial charge in [0.15, 0.2) is 11.2 Å². The molecule has 6 nitrogen and oxygen atoms in total. The van der Waals surface area contributed by atoms with Crippen molar-refractivity contribution in [2.75, 3.05) is 0 Å². The van der Waals surface area contributed by atoms with Crippen molar-refractivity contribution in [2.24, 2.45) is 7.05 Å². The first-order valence-corrected chi connectivity index (χ1v) is 4.40. The Labute approximate surface area is 84.5 Å². The van der Waals surface area contributed by atoms with E-state index in [1.807, 2.05) is 0 Å². The molecular weight excluding hydrogens is 196 g/mol. The Morgan fingerprint density at radius 2 is 2.33 bits per heavy atom. The highest BCUT2D eigenvalue weighted by atomic mass is 16.2. The number of hydrogen-bond acceptors (Lipinski definition) is 3. The minimum absolute atomic E-state index is 0.323. The third-order valence-corrected chi connectivity index (χ3v) is 2.17. The average Bonchev–Trinajstić information content (AvgIpc) is 2.55. The summed E-state index contributed by atoms with van der Waals surface area (Å²) in [7, 11) is 1.70. The molecule has 1 N–H and O–H groups in total. The van der Waals surface area contributed by atoms with Gasteiger partial charge in [-0.25, -0.2) is 9.78 Å². The Bertz CT molecular complexity index is 632. The molecule has 15 heavy (non-hydrogen) atoms. The standard InChI is InChI=1S/C9H10N4O2/c1-3-4-13-7-6(12(2)5-10-7)8(14)11-9(13)15/h3,5H,1,4H2,2H3,(H,11,14,15). The first kappa shape index (κ1) is 9.45. The minimum atomic E-state index is -0.467. The van der Waals surface area contributed by atoms with Crippen LogP contribution in [0.4, 0.5) is 0 Å². The van der Waals surface area contributed by atoms with E-state index in [-0.39, 0.29) is 0 Å². The molecule has 6 heteroatoms. The lowest BCUT2D eigenvalue weighted by Gasteiger charge is -2.01. The number of hydrogen-bond donors (Lipinski definition) is 1. The molecule has 0 bridgehead atoms. The third-order valence-electron chi connectivity index (χ3n) is 2.17. The molecule has 0 spiro atoms. The second-order valence-electron chi connectivity index (χ2n) is 3.19. The lowest BCUT2D eigenvalue weighted by molar-refractivity contribution is 0.765. The molecular formula is C9H10N4O2. The van der Waals surface area contributed by atoms with Gasteiger partial charge in [-0.3, -0.25) is 14.3 Å². The summed E-state index contributed by atoms with van der Waals surface area (Å²) in [6, 6.07) is 0. The van der Waals surface area contributed by atoms with Crippen LogP contribution in [0.15, 0.2) is 28.6 Å². The Morgan fingerprint density at radius 3 is 3.00 bits per heavy atom. The van der Waals surface area contributed by atoms with Crippen molar-refractivity contribution in [3.05, 3.63) is 39.8 Å². The van der Waals surface area contributed by atoms with E-state index in [4.69, 9.17) is 0 Å². The molecule has 0 fully saturated rings. The van der Waals surface area contributed by atoms with Gasteiger partial charge in [0.25, 0.3) is 5.56 Å².